The molecule has 0 unspecified atom stereocenters. The van der Waals surface area contributed by atoms with Crippen LogP contribution in [-0.4, -0.2) is 10.3 Å². The fourth-order valence-corrected chi connectivity index (χ4v) is 1.04. The SMILES string of the molecule is [C-]#[N+]c1ccc(N=C=S)cc1CO. The fourth-order valence-electron chi connectivity index (χ4n) is 0.930. The van der Waals surface area contributed by atoms with E-state index in [1.807, 2.05) is 0 Å². The third-order valence-electron chi connectivity index (χ3n) is 1.53. The molecule has 64 valence electrons. The van der Waals surface area contributed by atoms with Crippen molar-refractivity contribution in [2.45, 2.75) is 6.61 Å². The molecule has 0 fully saturated rings. The van der Waals surface area contributed by atoms with Crippen molar-refractivity contribution in [3.63, 3.8) is 0 Å². The molecule has 4 heteroatoms. The van der Waals surface area contributed by atoms with Crippen LogP contribution in [0.4, 0.5) is 11.4 Å². The lowest BCUT2D eigenvalue weighted by Crippen LogP contribution is -1.81. The van der Waals surface area contributed by atoms with Crippen molar-refractivity contribution in [1.82, 2.24) is 0 Å². The lowest BCUT2D eigenvalue weighted by Gasteiger charge is -1.99. The second-order valence-electron chi connectivity index (χ2n) is 2.29. The number of thiocarbonyl (C=S) groups is 1. The molecular formula is C9H6N2OS. The van der Waals surface area contributed by atoms with Crippen LogP contribution in [0.1, 0.15) is 5.56 Å². The van der Waals surface area contributed by atoms with Crippen molar-refractivity contribution in [3.8, 4) is 0 Å². The first kappa shape index (κ1) is 9.56. The summed E-state index contributed by atoms with van der Waals surface area (Å²) in [5, 5.41) is 11.1. The summed E-state index contributed by atoms with van der Waals surface area (Å²) in [4.78, 5) is 6.99. The van der Waals surface area contributed by atoms with Gasteiger partial charge in [-0.1, -0.05) is 6.07 Å². The molecule has 1 aromatic rings. The first-order valence-corrected chi connectivity index (χ1v) is 3.91. The third kappa shape index (κ3) is 2.20. The van der Waals surface area contributed by atoms with E-state index in [1.54, 1.807) is 18.2 Å². The summed E-state index contributed by atoms with van der Waals surface area (Å²) in [5.41, 5.74) is 1.60. The summed E-state index contributed by atoms with van der Waals surface area (Å²) in [6, 6.07) is 4.88. The second-order valence-corrected chi connectivity index (χ2v) is 2.47. The molecule has 0 amide bonds. The van der Waals surface area contributed by atoms with Gasteiger partial charge in [0.1, 0.15) is 0 Å². The van der Waals surface area contributed by atoms with Gasteiger partial charge in [0.05, 0.1) is 24.0 Å². The molecule has 13 heavy (non-hydrogen) atoms. The lowest BCUT2D eigenvalue weighted by molar-refractivity contribution is 0.282. The van der Waals surface area contributed by atoms with E-state index in [-0.39, 0.29) is 6.61 Å². The number of isothiocyanates is 1. The molecule has 0 saturated heterocycles. The van der Waals surface area contributed by atoms with E-state index in [2.05, 4.69) is 27.2 Å². The maximum Gasteiger partial charge on any atom is 0.192 e. The number of hydrogen-bond donors (Lipinski definition) is 1. The van der Waals surface area contributed by atoms with Crippen molar-refractivity contribution in [3.05, 3.63) is 35.2 Å². The van der Waals surface area contributed by atoms with Crippen molar-refractivity contribution >= 4 is 28.8 Å². The van der Waals surface area contributed by atoms with Crippen molar-refractivity contribution < 1.29 is 5.11 Å². The summed E-state index contributed by atoms with van der Waals surface area (Å²) in [6.45, 7) is 6.64. The lowest BCUT2D eigenvalue weighted by atomic mass is 10.2. The molecule has 0 aliphatic heterocycles. The van der Waals surface area contributed by atoms with Crippen molar-refractivity contribution in [2.75, 3.05) is 0 Å². The second kappa shape index (κ2) is 4.48. The monoisotopic (exact) mass is 190 g/mol. The Hall–Kier alpha value is -1.53. The summed E-state index contributed by atoms with van der Waals surface area (Å²) < 4.78 is 0. The van der Waals surface area contributed by atoms with Gasteiger partial charge < -0.3 is 5.11 Å². The van der Waals surface area contributed by atoms with Gasteiger partial charge in [0, 0.05) is 0 Å². The van der Waals surface area contributed by atoms with Crippen molar-refractivity contribution in [2.24, 2.45) is 4.99 Å². The van der Waals surface area contributed by atoms with Crippen LogP contribution in [0.5, 0.6) is 0 Å². The number of aliphatic imine (C=N–C) groups is 1. The van der Waals surface area contributed by atoms with E-state index in [9.17, 15) is 0 Å². The highest BCUT2D eigenvalue weighted by Gasteiger charge is 2.01. The molecule has 3 nitrogen and oxygen atoms in total. The standard InChI is InChI=1S/C9H6N2OS/c1-10-9-3-2-8(11-6-13)4-7(9)5-12/h2-4,12H,5H2. The summed E-state index contributed by atoms with van der Waals surface area (Å²) in [6.07, 6.45) is 0. The van der Waals surface area contributed by atoms with Crippen LogP contribution >= 0.6 is 12.2 Å². The fraction of sp³-hybridized carbons (Fsp3) is 0.111. The van der Waals surface area contributed by atoms with Gasteiger partial charge in [-0.25, -0.2) is 4.85 Å². The van der Waals surface area contributed by atoms with Crippen molar-refractivity contribution in [1.29, 1.82) is 0 Å². The van der Waals surface area contributed by atoms with Gasteiger partial charge in [-0.15, -0.1) is 0 Å². The smallest absolute Gasteiger partial charge is 0.192 e. The third-order valence-corrected chi connectivity index (χ3v) is 1.62. The van der Waals surface area contributed by atoms with E-state index >= 15 is 0 Å². The first-order chi connectivity index (χ1) is 6.31. The average Bonchev–Trinajstić information content (AvgIpc) is 2.18. The quantitative estimate of drug-likeness (QED) is 0.442. The molecule has 0 spiro atoms. The summed E-state index contributed by atoms with van der Waals surface area (Å²) in [5.74, 6) is 0. The Balaban J connectivity index is 3.22. The Labute approximate surface area is 81.2 Å². The van der Waals surface area contributed by atoms with Gasteiger partial charge in [-0.2, -0.15) is 4.99 Å². The Morgan fingerprint density at radius 2 is 2.38 bits per heavy atom. The van der Waals surface area contributed by atoms with Gasteiger partial charge >= 0.3 is 0 Å². The number of aliphatic hydroxyl groups excluding tert-OH is 1. The summed E-state index contributed by atoms with van der Waals surface area (Å²) >= 11 is 4.44. The largest absolute Gasteiger partial charge is 0.393 e. The number of nitrogens with zero attached hydrogens (tertiary/aromatic N) is 2. The van der Waals surface area contributed by atoms with E-state index in [4.69, 9.17) is 11.7 Å². The molecular weight excluding hydrogens is 184 g/mol. The van der Waals surface area contributed by atoms with Crippen LogP contribution < -0.4 is 0 Å². The van der Waals surface area contributed by atoms with E-state index in [0.29, 0.717) is 16.9 Å². The van der Waals surface area contributed by atoms with Gasteiger partial charge in [-0.3, -0.25) is 0 Å². The molecule has 0 aliphatic carbocycles. The maximum atomic E-state index is 8.91. The van der Waals surface area contributed by atoms with Crippen LogP contribution in [0.3, 0.4) is 0 Å². The minimum absolute atomic E-state index is 0.168. The van der Waals surface area contributed by atoms with Crippen LogP contribution in [0.2, 0.25) is 0 Å². The van der Waals surface area contributed by atoms with E-state index in [1.165, 1.54) is 0 Å². The maximum absolute atomic E-state index is 8.91. The Morgan fingerprint density at radius 1 is 1.62 bits per heavy atom. The molecule has 0 radical (unpaired) electrons. The minimum atomic E-state index is -0.168. The van der Waals surface area contributed by atoms with Gasteiger partial charge in [0.2, 0.25) is 0 Å². The topological polar surface area (TPSA) is 37.0 Å². The molecule has 1 N–H and O–H groups in total. The zero-order chi connectivity index (χ0) is 9.68. The van der Waals surface area contributed by atoms with Crippen LogP contribution in [0, 0.1) is 6.57 Å². The first-order valence-electron chi connectivity index (χ1n) is 3.51. The minimum Gasteiger partial charge on any atom is -0.393 e. The summed E-state index contributed by atoms with van der Waals surface area (Å²) in [7, 11) is 0. The molecule has 1 rings (SSSR count). The van der Waals surface area contributed by atoms with Gasteiger partial charge in [-0.05, 0) is 29.9 Å². The molecule has 0 heterocycles. The van der Waals surface area contributed by atoms with E-state index in [0.717, 1.165) is 0 Å². The predicted octanol–water partition coefficient (Wildman–Crippen LogP) is 2.46. The van der Waals surface area contributed by atoms with Crippen LogP contribution in [0.25, 0.3) is 4.85 Å². The molecule has 0 atom stereocenters. The number of hydrogen-bond acceptors (Lipinski definition) is 3. The van der Waals surface area contributed by atoms with Crippen LogP contribution in [-0.2, 0) is 6.61 Å². The Bertz CT molecular complexity index is 403. The highest BCUT2D eigenvalue weighted by molar-refractivity contribution is 7.78. The normalized spacial score (nSPS) is 8.62. The Morgan fingerprint density at radius 3 is 2.92 bits per heavy atom. The molecule has 0 bridgehead atoms. The number of benzene rings is 1. The zero-order valence-corrected chi connectivity index (χ0v) is 7.51. The average molecular weight is 190 g/mol. The molecule has 1 aromatic carbocycles. The highest BCUT2D eigenvalue weighted by Crippen LogP contribution is 2.24. The predicted molar refractivity (Wildman–Crippen MR) is 53.3 cm³/mol. The highest BCUT2D eigenvalue weighted by atomic mass is 32.1. The van der Waals surface area contributed by atoms with E-state index < -0.39 is 0 Å². The molecule has 0 aromatic heterocycles. The zero-order valence-electron chi connectivity index (χ0n) is 6.69. The van der Waals surface area contributed by atoms with Crippen LogP contribution in [0.15, 0.2) is 23.2 Å². The Kier molecular flexibility index (Phi) is 3.30. The van der Waals surface area contributed by atoms with Gasteiger partial charge in [0.15, 0.2) is 5.69 Å². The number of aliphatic hydroxyl groups is 1. The molecule has 0 saturated carbocycles. The molecule has 0 aliphatic rings. The van der Waals surface area contributed by atoms with Gasteiger partial charge in [0.25, 0.3) is 0 Å². The number of rotatable bonds is 2.